The first-order valence-corrected chi connectivity index (χ1v) is 8.86. The van der Waals surface area contributed by atoms with E-state index in [2.05, 4.69) is 0 Å². The van der Waals surface area contributed by atoms with Gasteiger partial charge in [0.2, 0.25) is 0 Å². The summed E-state index contributed by atoms with van der Waals surface area (Å²) in [7, 11) is -3.19. The molecule has 118 valence electrons. The van der Waals surface area contributed by atoms with E-state index in [0.717, 1.165) is 5.56 Å². The fraction of sp³-hybridized carbons (Fsp3) is 0.600. The highest BCUT2D eigenvalue weighted by molar-refractivity contribution is 7.90. The number of hydrogen-bond donors (Lipinski definition) is 0. The summed E-state index contributed by atoms with van der Waals surface area (Å²) >= 11 is 0. The van der Waals surface area contributed by atoms with Crippen LogP contribution in [-0.4, -0.2) is 39.8 Å². The second-order valence-corrected chi connectivity index (χ2v) is 7.50. The number of ether oxygens (including phenoxy) is 3. The van der Waals surface area contributed by atoms with E-state index in [1.807, 2.05) is 20.8 Å². The molecular weight excluding hydrogens is 292 g/mol. The van der Waals surface area contributed by atoms with Crippen molar-refractivity contribution in [2.45, 2.75) is 43.7 Å². The van der Waals surface area contributed by atoms with Gasteiger partial charge in [0.15, 0.2) is 16.1 Å². The van der Waals surface area contributed by atoms with E-state index in [1.165, 1.54) is 6.26 Å². The van der Waals surface area contributed by atoms with Gasteiger partial charge in [-0.15, -0.1) is 0 Å². The first-order chi connectivity index (χ1) is 9.76. The predicted octanol–water partition coefficient (Wildman–Crippen LogP) is 2.32. The Bertz CT molecular complexity index is 575. The number of rotatable bonds is 7. The first kappa shape index (κ1) is 16.4. The number of benzene rings is 1. The lowest BCUT2D eigenvalue weighted by atomic mass is 9.98. The molecule has 3 atom stereocenters. The van der Waals surface area contributed by atoms with Gasteiger partial charge in [-0.3, -0.25) is 0 Å². The van der Waals surface area contributed by atoms with Crippen LogP contribution in [0.5, 0.6) is 0 Å². The quantitative estimate of drug-likeness (QED) is 0.571. The van der Waals surface area contributed by atoms with Gasteiger partial charge in [-0.2, -0.15) is 0 Å². The molecule has 0 radical (unpaired) electrons. The van der Waals surface area contributed by atoms with E-state index < -0.39 is 9.84 Å². The average Bonchev–Trinajstić information content (AvgIpc) is 3.14. The molecule has 1 fully saturated rings. The molecule has 0 spiro atoms. The molecule has 1 aliphatic rings. The van der Waals surface area contributed by atoms with Crippen molar-refractivity contribution < 1.29 is 22.6 Å². The topological polar surface area (TPSA) is 65.1 Å². The second kappa shape index (κ2) is 6.04. The summed E-state index contributed by atoms with van der Waals surface area (Å²) in [5.74, 6) is 0. The smallest absolute Gasteiger partial charge is 0.175 e. The van der Waals surface area contributed by atoms with Gasteiger partial charge in [-0.1, -0.05) is 12.1 Å². The maximum absolute atomic E-state index is 11.5. The highest BCUT2D eigenvalue weighted by atomic mass is 32.2. The van der Waals surface area contributed by atoms with Crippen molar-refractivity contribution in [1.82, 2.24) is 0 Å². The van der Waals surface area contributed by atoms with Crippen LogP contribution in [0.25, 0.3) is 0 Å². The summed E-state index contributed by atoms with van der Waals surface area (Å²) in [6.07, 6.45) is 0.557. The van der Waals surface area contributed by atoms with Crippen LogP contribution in [0.3, 0.4) is 0 Å². The van der Waals surface area contributed by atoms with Crippen LogP contribution in [0, 0.1) is 0 Å². The molecule has 0 aliphatic carbocycles. The van der Waals surface area contributed by atoms with Crippen molar-refractivity contribution in [3.63, 3.8) is 0 Å². The molecule has 1 heterocycles. The van der Waals surface area contributed by atoms with Crippen LogP contribution >= 0.6 is 0 Å². The molecule has 2 unspecified atom stereocenters. The van der Waals surface area contributed by atoms with Gasteiger partial charge < -0.3 is 14.2 Å². The van der Waals surface area contributed by atoms with E-state index in [0.29, 0.717) is 18.1 Å². The van der Waals surface area contributed by atoms with Crippen molar-refractivity contribution in [3.8, 4) is 0 Å². The van der Waals surface area contributed by atoms with Crippen LogP contribution < -0.4 is 0 Å². The minimum atomic E-state index is -3.19. The van der Waals surface area contributed by atoms with Gasteiger partial charge in [0.25, 0.3) is 0 Å². The van der Waals surface area contributed by atoms with Crippen LogP contribution in [0.1, 0.15) is 32.4 Å². The van der Waals surface area contributed by atoms with Gasteiger partial charge >= 0.3 is 0 Å². The third-order valence-corrected chi connectivity index (χ3v) is 4.62. The molecule has 1 aliphatic heterocycles. The molecule has 1 aromatic carbocycles. The third-order valence-electron chi connectivity index (χ3n) is 3.49. The van der Waals surface area contributed by atoms with Gasteiger partial charge in [0, 0.05) is 12.9 Å². The number of epoxide rings is 1. The molecule has 6 heteroatoms. The summed E-state index contributed by atoms with van der Waals surface area (Å²) < 4.78 is 39.9. The Morgan fingerprint density at radius 1 is 1.33 bits per heavy atom. The Balaban J connectivity index is 2.21. The Hall–Kier alpha value is -0.950. The lowest BCUT2D eigenvalue weighted by molar-refractivity contribution is -0.173. The number of sulfone groups is 1. The van der Waals surface area contributed by atoms with E-state index in [9.17, 15) is 8.42 Å². The van der Waals surface area contributed by atoms with Crippen LogP contribution in [-0.2, 0) is 24.0 Å². The minimum absolute atomic E-state index is 0.285. The maximum atomic E-state index is 11.5. The highest BCUT2D eigenvalue weighted by Crippen LogP contribution is 2.42. The van der Waals surface area contributed by atoms with Crippen molar-refractivity contribution >= 4 is 9.84 Å². The molecule has 21 heavy (non-hydrogen) atoms. The third kappa shape index (κ3) is 4.03. The summed E-state index contributed by atoms with van der Waals surface area (Å²) in [5.41, 5.74) is 0.506. The van der Waals surface area contributed by atoms with Crippen molar-refractivity contribution in [3.05, 3.63) is 29.8 Å². The van der Waals surface area contributed by atoms with Gasteiger partial charge in [-0.05, 0) is 38.5 Å². The highest BCUT2D eigenvalue weighted by Gasteiger charge is 2.49. The van der Waals surface area contributed by atoms with E-state index in [1.54, 1.807) is 24.3 Å². The van der Waals surface area contributed by atoms with Crippen molar-refractivity contribution in [2.24, 2.45) is 0 Å². The largest absolute Gasteiger partial charge is 0.367 e. The lowest BCUT2D eigenvalue weighted by Crippen LogP contribution is -2.27. The Kier molecular flexibility index (Phi) is 4.72. The Morgan fingerprint density at radius 3 is 2.33 bits per heavy atom. The van der Waals surface area contributed by atoms with E-state index in [-0.39, 0.29) is 18.0 Å². The zero-order valence-corrected chi connectivity index (χ0v) is 13.6. The maximum Gasteiger partial charge on any atom is 0.175 e. The average molecular weight is 314 g/mol. The summed E-state index contributed by atoms with van der Waals surface area (Å²) in [5, 5.41) is 0. The molecule has 0 saturated carbocycles. The lowest BCUT2D eigenvalue weighted by Gasteiger charge is -2.25. The van der Waals surface area contributed by atoms with Crippen LogP contribution in [0.4, 0.5) is 0 Å². The summed E-state index contributed by atoms with van der Waals surface area (Å²) in [6, 6.07) is 6.73. The van der Waals surface area contributed by atoms with Crippen LogP contribution in [0.2, 0.25) is 0 Å². The molecule has 0 bridgehead atoms. The molecule has 5 nitrogen and oxygen atoms in total. The minimum Gasteiger partial charge on any atom is -0.367 e. The Morgan fingerprint density at radius 2 is 1.90 bits per heavy atom. The molecule has 0 amide bonds. The fourth-order valence-electron chi connectivity index (χ4n) is 2.20. The number of hydrogen-bond acceptors (Lipinski definition) is 5. The van der Waals surface area contributed by atoms with Gasteiger partial charge in [-0.25, -0.2) is 8.42 Å². The molecule has 2 rings (SSSR count). The molecule has 1 saturated heterocycles. The van der Waals surface area contributed by atoms with Gasteiger partial charge in [0.1, 0.15) is 11.7 Å². The van der Waals surface area contributed by atoms with E-state index in [4.69, 9.17) is 14.2 Å². The zero-order chi connectivity index (χ0) is 15.7. The Labute approximate surface area is 126 Å². The normalized spacial score (nSPS) is 24.6. The molecule has 0 aromatic heterocycles. The zero-order valence-electron chi connectivity index (χ0n) is 12.8. The molecule has 1 aromatic rings. The van der Waals surface area contributed by atoms with Crippen LogP contribution in [0.15, 0.2) is 29.2 Å². The SMILES string of the molecule is CCOC(C)O[C@H](c1ccc(S(C)(=O)=O)cc1)C1(C)CO1. The first-order valence-electron chi connectivity index (χ1n) is 6.97. The van der Waals surface area contributed by atoms with Crippen molar-refractivity contribution in [2.75, 3.05) is 19.5 Å². The van der Waals surface area contributed by atoms with Gasteiger partial charge in [0.05, 0.1) is 11.5 Å². The summed E-state index contributed by atoms with van der Waals surface area (Å²) in [4.78, 5) is 0.296. The molecular formula is C15H22O5S. The predicted molar refractivity (Wildman–Crippen MR) is 78.8 cm³/mol. The second-order valence-electron chi connectivity index (χ2n) is 5.48. The monoisotopic (exact) mass is 314 g/mol. The standard InChI is InChI=1S/C15H22O5S/c1-5-18-11(2)20-14(15(3)10-19-15)12-6-8-13(9-7-12)21(4,16)17/h6-9,11,14H,5,10H2,1-4H3/t11?,14-,15?/m1/s1. The fourth-order valence-corrected chi connectivity index (χ4v) is 2.83. The van der Waals surface area contributed by atoms with Crippen molar-refractivity contribution in [1.29, 1.82) is 0 Å². The summed E-state index contributed by atoms with van der Waals surface area (Å²) in [6.45, 7) is 6.90. The molecule has 0 N–H and O–H groups in total. The van der Waals surface area contributed by atoms with E-state index >= 15 is 0 Å².